The van der Waals surface area contributed by atoms with Gasteiger partial charge in [-0.05, 0) is 55.5 Å². The van der Waals surface area contributed by atoms with Crippen molar-refractivity contribution in [1.82, 2.24) is 20.0 Å². The third-order valence-electron chi connectivity index (χ3n) is 5.54. The molecule has 7 heteroatoms. The van der Waals surface area contributed by atoms with Gasteiger partial charge in [0.1, 0.15) is 11.4 Å². The molecule has 0 spiro atoms. The summed E-state index contributed by atoms with van der Waals surface area (Å²) in [6.07, 6.45) is 4.80. The first-order valence-corrected chi connectivity index (χ1v) is 10.3. The van der Waals surface area contributed by atoms with Crippen molar-refractivity contribution in [3.8, 4) is 17.3 Å². The summed E-state index contributed by atoms with van der Waals surface area (Å²) in [6.45, 7) is 2.73. The lowest BCUT2D eigenvalue weighted by molar-refractivity contribution is -0.134. The van der Waals surface area contributed by atoms with Crippen LogP contribution in [0.3, 0.4) is 0 Å². The average molecular weight is 406 g/mol. The van der Waals surface area contributed by atoms with Gasteiger partial charge < -0.3 is 14.2 Å². The summed E-state index contributed by atoms with van der Waals surface area (Å²) in [7, 11) is 1.65. The number of rotatable bonds is 9. The van der Waals surface area contributed by atoms with E-state index in [0.29, 0.717) is 42.7 Å². The van der Waals surface area contributed by atoms with E-state index in [9.17, 15) is 4.79 Å². The van der Waals surface area contributed by atoms with E-state index in [0.717, 1.165) is 11.3 Å². The van der Waals surface area contributed by atoms with Gasteiger partial charge >= 0.3 is 0 Å². The number of aromatic nitrogens is 3. The van der Waals surface area contributed by atoms with Crippen molar-refractivity contribution >= 4 is 5.91 Å². The molecule has 1 amide bonds. The Morgan fingerprint density at radius 2 is 2.03 bits per heavy atom. The van der Waals surface area contributed by atoms with Gasteiger partial charge in [0.15, 0.2) is 0 Å². The summed E-state index contributed by atoms with van der Waals surface area (Å²) in [5, 5.41) is 3.98. The minimum absolute atomic E-state index is 0.0998. The van der Waals surface area contributed by atoms with Crippen molar-refractivity contribution in [3.05, 3.63) is 60.1 Å². The van der Waals surface area contributed by atoms with Crippen molar-refractivity contribution in [3.63, 3.8) is 0 Å². The normalized spacial score (nSPS) is 14.3. The van der Waals surface area contributed by atoms with Gasteiger partial charge in [0.2, 0.25) is 17.6 Å². The Hall–Kier alpha value is -3.22. The van der Waals surface area contributed by atoms with Crippen LogP contribution in [0.4, 0.5) is 0 Å². The summed E-state index contributed by atoms with van der Waals surface area (Å²) in [5.41, 5.74) is 1.74. The lowest BCUT2D eigenvalue weighted by Gasteiger charge is -2.29. The van der Waals surface area contributed by atoms with Crippen molar-refractivity contribution < 1.29 is 14.1 Å². The van der Waals surface area contributed by atoms with Crippen LogP contribution in [0.15, 0.2) is 53.2 Å². The molecule has 4 rings (SSSR count). The molecule has 1 aliphatic carbocycles. The molecule has 1 saturated carbocycles. The summed E-state index contributed by atoms with van der Waals surface area (Å²) >= 11 is 0. The third kappa shape index (κ3) is 4.84. The van der Waals surface area contributed by atoms with E-state index in [1.807, 2.05) is 47.4 Å². The zero-order valence-corrected chi connectivity index (χ0v) is 17.3. The SMILES string of the molecule is COc1ccc(CN(C(=O)CCc2nc(-c3ccccn3)no2)C(C)C2CC2)cc1. The van der Waals surface area contributed by atoms with Gasteiger partial charge in [-0.1, -0.05) is 23.4 Å². The summed E-state index contributed by atoms with van der Waals surface area (Å²) in [4.78, 5) is 23.7. The standard InChI is InChI=1S/C23H26N4O3/c1-16(18-8-9-18)27(15-17-6-10-19(29-2)11-7-17)22(28)13-12-21-25-23(26-30-21)20-5-3-4-14-24-20/h3-7,10-11,14,16,18H,8-9,12-13,15H2,1-2H3. The molecule has 2 aromatic heterocycles. The quantitative estimate of drug-likeness (QED) is 0.536. The predicted molar refractivity (Wildman–Crippen MR) is 112 cm³/mol. The summed E-state index contributed by atoms with van der Waals surface area (Å²) in [5.74, 6) is 2.40. The summed E-state index contributed by atoms with van der Waals surface area (Å²) < 4.78 is 10.6. The van der Waals surface area contributed by atoms with Gasteiger partial charge in [-0.3, -0.25) is 9.78 Å². The topological polar surface area (TPSA) is 81.4 Å². The molecular weight excluding hydrogens is 380 g/mol. The Morgan fingerprint density at radius 3 is 2.70 bits per heavy atom. The zero-order chi connectivity index (χ0) is 20.9. The van der Waals surface area contributed by atoms with Crippen molar-refractivity contribution in [2.24, 2.45) is 5.92 Å². The lowest BCUT2D eigenvalue weighted by atomic mass is 10.1. The molecule has 1 aliphatic rings. The third-order valence-corrected chi connectivity index (χ3v) is 5.54. The first-order chi connectivity index (χ1) is 14.6. The van der Waals surface area contributed by atoms with Crippen LogP contribution in [0.5, 0.6) is 5.75 Å². The Bertz CT molecular complexity index is 968. The van der Waals surface area contributed by atoms with Crippen LogP contribution in [-0.4, -0.2) is 39.1 Å². The molecule has 3 aromatic rings. The largest absolute Gasteiger partial charge is 0.497 e. The molecule has 1 atom stereocenters. The number of carbonyl (C=O) groups excluding carboxylic acids is 1. The minimum Gasteiger partial charge on any atom is -0.497 e. The number of carbonyl (C=O) groups is 1. The fourth-order valence-electron chi connectivity index (χ4n) is 3.53. The van der Waals surface area contributed by atoms with Crippen LogP contribution in [0, 0.1) is 5.92 Å². The Balaban J connectivity index is 1.41. The second-order valence-electron chi connectivity index (χ2n) is 7.67. The highest BCUT2D eigenvalue weighted by molar-refractivity contribution is 5.76. The van der Waals surface area contributed by atoms with Crippen molar-refractivity contribution in [1.29, 1.82) is 0 Å². The van der Waals surface area contributed by atoms with Crippen LogP contribution in [0.2, 0.25) is 0 Å². The van der Waals surface area contributed by atoms with Crippen LogP contribution < -0.4 is 4.74 Å². The molecule has 156 valence electrons. The fraction of sp³-hybridized carbons (Fsp3) is 0.391. The second kappa shape index (κ2) is 9.07. The minimum atomic E-state index is 0.0998. The average Bonchev–Trinajstić information content (AvgIpc) is 3.54. The van der Waals surface area contributed by atoms with Gasteiger partial charge in [-0.25, -0.2) is 0 Å². The van der Waals surface area contributed by atoms with Crippen LogP contribution >= 0.6 is 0 Å². The molecule has 0 radical (unpaired) electrons. The van der Waals surface area contributed by atoms with Crippen LogP contribution in [0.25, 0.3) is 11.5 Å². The number of pyridine rings is 1. The van der Waals surface area contributed by atoms with Gasteiger partial charge in [0, 0.05) is 31.6 Å². The molecule has 0 bridgehead atoms. The smallest absolute Gasteiger partial charge is 0.227 e. The predicted octanol–water partition coefficient (Wildman–Crippen LogP) is 3.90. The van der Waals surface area contributed by atoms with Crippen LogP contribution in [0.1, 0.15) is 37.6 Å². The van der Waals surface area contributed by atoms with E-state index >= 15 is 0 Å². The molecule has 7 nitrogen and oxygen atoms in total. The molecule has 0 N–H and O–H groups in total. The number of ether oxygens (including phenoxy) is 1. The molecule has 0 aliphatic heterocycles. The fourth-order valence-corrected chi connectivity index (χ4v) is 3.53. The maximum absolute atomic E-state index is 13.1. The van der Waals surface area contributed by atoms with Gasteiger partial charge in [-0.15, -0.1) is 0 Å². The zero-order valence-electron chi connectivity index (χ0n) is 17.3. The van der Waals surface area contributed by atoms with Crippen molar-refractivity contribution in [2.45, 2.75) is 45.2 Å². The van der Waals surface area contributed by atoms with E-state index in [-0.39, 0.29) is 11.9 Å². The number of nitrogens with zero attached hydrogens (tertiary/aromatic N) is 4. The summed E-state index contributed by atoms with van der Waals surface area (Å²) in [6, 6.07) is 13.6. The number of amides is 1. The van der Waals surface area contributed by atoms with E-state index in [2.05, 4.69) is 22.0 Å². The van der Waals surface area contributed by atoms with Crippen molar-refractivity contribution in [2.75, 3.05) is 7.11 Å². The second-order valence-corrected chi connectivity index (χ2v) is 7.67. The highest BCUT2D eigenvalue weighted by Crippen LogP contribution is 2.36. The number of hydrogen-bond acceptors (Lipinski definition) is 6. The van der Waals surface area contributed by atoms with Gasteiger partial charge in [0.05, 0.1) is 7.11 Å². The number of hydrogen-bond donors (Lipinski definition) is 0. The maximum atomic E-state index is 13.1. The van der Waals surface area contributed by atoms with E-state index in [1.54, 1.807) is 13.3 Å². The van der Waals surface area contributed by atoms with E-state index < -0.39 is 0 Å². The number of methoxy groups -OCH3 is 1. The van der Waals surface area contributed by atoms with Gasteiger partial charge in [-0.2, -0.15) is 4.98 Å². The Morgan fingerprint density at radius 1 is 1.23 bits per heavy atom. The van der Waals surface area contributed by atoms with Gasteiger partial charge in [0.25, 0.3) is 0 Å². The van der Waals surface area contributed by atoms with E-state index in [4.69, 9.17) is 9.26 Å². The molecular formula is C23H26N4O3. The first-order valence-electron chi connectivity index (χ1n) is 10.3. The Labute approximate surface area is 176 Å². The molecule has 1 unspecified atom stereocenters. The molecule has 1 fully saturated rings. The molecule has 2 heterocycles. The highest BCUT2D eigenvalue weighted by atomic mass is 16.5. The first kappa shape index (κ1) is 20.1. The molecule has 1 aromatic carbocycles. The lowest BCUT2D eigenvalue weighted by Crippen LogP contribution is -2.39. The van der Waals surface area contributed by atoms with E-state index in [1.165, 1.54) is 12.8 Å². The maximum Gasteiger partial charge on any atom is 0.227 e. The number of aryl methyl sites for hydroxylation is 1. The van der Waals surface area contributed by atoms with Crippen LogP contribution in [-0.2, 0) is 17.8 Å². The number of benzene rings is 1. The molecule has 0 saturated heterocycles. The Kier molecular flexibility index (Phi) is 6.07. The highest BCUT2D eigenvalue weighted by Gasteiger charge is 2.34. The monoisotopic (exact) mass is 406 g/mol. The molecule has 30 heavy (non-hydrogen) atoms.